The molecule has 4 aliphatic rings. The molecule has 1 heteroatoms. The molecule has 0 saturated heterocycles. The zero-order chi connectivity index (χ0) is 17.8. The third-order valence-electron chi connectivity index (χ3n) is 7.30. The monoisotopic (exact) mass is 428 g/mol. The summed E-state index contributed by atoms with van der Waals surface area (Å²) in [5.41, 5.74) is 13.7. The quantitative estimate of drug-likeness (QED) is 0.480. The fraction of sp³-hybridized carbons (Fsp3) is 0.385. The Balaban J connectivity index is 1.30. The van der Waals surface area contributed by atoms with Crippen LogP contribution >= 0.6 is 0 Å². The summed E-state index contributed by atoms with van der Waals surface area (Å²) >= 11 is -0.469. The van der Waals surface area contributed by atoms with Crippen molar-refractivity contribution >= 4 is 11.1 Å². The third-order valence-corrected chi connectivity index (χ3v) is 12.4. The maximum atomic E-state index is 2.39. The predicted octanol–water partition coefficient (Wildman–Crippen LogP) is 7.03. The van der Waals surface area contributed by atoms with Gasteiger partial charge in [0.05, 0.1) is 0 Å². The van der Waals surface area contributed by atoms with E-state index in [1.165, 1.54) is 51.4 Å². The van der Waals surface area contributed by atoms with E-state index in [0.29, 0.717) is 0 Å². The molecule has 0 amide bonds. The van der Waals surface area contributed by atoms with Gasteiger partial charge in [-0.15, -0.1) is 0 Å². The van der Waals surface area contributed by atoms with E-state index in [2.05, 4.69) is 48.5 Å². The number of rotatable bonds is 2. The number of fused-ring (bicyclic) bond motifs is 4. The predicted molar refractivity (Wildman–Crippen MR) is 109 cm³/mol. The molecule has 0 nitrogen and oxygen atoms in total. The molecule has 4 aliphatic carbocycles. The Labute approximate surface area is 174 Å². The SMILES string of the molecule is c1ccc2c(c1)CC1=C2CCC[CH]1[Zr][CH]1CCCC2=C1Cc1ccccc12. The van der Waals surface area contributed by atoms with Crippen molar-refractivity contribution in [3.63, 3.8) is 0 Å². The van der Waals surface area contributed by atoms with Crippen LogP contribution in [0.5, 0.6) is 0 Å². The van der Waals surface area contributed by atoms with Crippen molar-refractivity contribution in [3.05, 3.63) is 81.9 Å². The zero-order valence-corrected chi connectivity index (χ0v) is 18.4. The number of allylic oxidation sites excluding steroid dienone is 4. The van der Waals surface area contributed by atoms with Crippen LogP contribution in [0.15, 0.2) is 59.7 Å². The first-order valence-corrected chi connectivity index (χ1v) is 13.6. The zero-order valence-electron chi connectivity index (χ0n) is 15.9. The third kappa shape index (κ3) is 2.72. The van der Waals surface area contributed by atoms with Crippen molar-refractivity contribution in [2.45, 2.75) is 58.6 Å². The van der Waals surface area contributed by atoms with Crippen LogP contribution in [-0.4, -0.2) is 0 Å². The Hall–Kier alpha value is -1.20. The van der Waals surface area contributed by atoms with Gasteiger partial charge in [0.2, 0.25) is 0 Å². The molecule has 2 atom stereocenters. The molecule has 0 spiro atoms. The Morgan fingerprint density at radius 3 is 1.63 bits per heavy atom. The molecule has 2 aromatic carbocycles. The van der Waals surface area contributed by atoms with E-state index in [4.69, 9.17) is 0 Å². The van der Waals surface area contributed by atoms with E-state index in [9.17, 15) is 0 Å². The molecule has 2 aromatic rings. The number of hydrogen-bond donors (Lipinski definition) is 0. The van der Waals surface area contributed by atoms with Gasteiger partial charge in [-0.2, -0.15) is 0 Å². The molecular weight excluding hydrogens is 404 g/mol. The molecule has 0 aromatic heterocycles. The van der Waals surface area contributed by atoms with Gasteiger partial charge in [0.15, 0.2) is 0 Å². The van der Waals surface area contributed by atoms with E-state index in [1.54, 1.807) is 33.4 Å². The summed E-state index contributed by atoms with van der Waals surface area (Å²) in [6.45, 7) is 0. The van der Waals surface area contributed by atoms with Crippen LogP contribution in [0.3, 0.4) is 0 Å². The second-order valence-corrected chi connectivity index (χ2v) is 13.0. The van der Waals surface area contributed by atoms with Crippen molar-refractivity contribution in [2.24, 2.45) is 0 Å². The normalized spacial score (nSPS) is 25.8. The fourth-order valence-corrected chi connectivity index (χ4v) is 11.5. The second-order valence-electron chi connectivity index (χ2n) is 8.73. The summed E-state index contributed by atoms with van der Waals surface area (Å²) < 4.78 is 1.98. The van der Waals surface area contributed by atoms with Crippen LogP contribution in [0.4, 0.5) is 0 Å². The summed E-state index contributed by atoms with van der Waals surface area (Å²) in [7, 11) is 0. The summed E-state index contributed by atoms with van der Waals surface area (Å²) in [4.78, 5) is 0. The fourth-order valence-electron chi connectivity index (χ4n) is 6.09. The topological polar surface area (TPSA) is 0 Å². The van der Waals surface area contributed by atoms with E-state index < -0.39 is 23.2 Å². The Morgan fingerprint density at radius 2 is 1.11 bits per heavy atom. The summed E-state index contributed by atoms with van der Waals surface area (Å²) in [5.74, 6) is 0. The van der Waals surface area contributed by atoms with Gasteiger partial charge in [-0.1, -0.05) is 0 Å². The van der Waals surface area contributed by atoms with Crippen molar-refractivity contribution in [3.8, 4) is 0 Å². The van der Waals surface area contributed by atoms with Crippen LogP contribution in [0.2, 0.25) is 7.25 Å². The van der Waals surface area contributed by atoms with Crippen molar-refractivity contribution < 1.29 is 23.2 Å². The van der Waals surface area contributed by atoms with Gasteiger partial charge in [0, 0.05) is 0 Å². The summed E-state index contributed by atoms with van der Waals surface area (Å²) in [5, 5.41) is 0. The molecule has 134 valence electrons. The van der Waals surface area contributed by atoms with Crippen LogP contribution in [0.25, 0.3) is 11.1 Å². The first-order valence-electron chi connectivity index (χ1n) is 10.7. The number of benzene rings is 2. The summed E-state index contributed by atoms with van der Waals surface area (Å²) in [6.07, 6.45) is 11.1. The van der Waals surface area contributed by atoms with Gasteiger partial charge in [0.25, 0.3) is 0 Å². The van der Waals surface area contributed by atoms with Gasteiger partial charge >= 0.3 is 175 Å². The molecule has 6 rings (SSSR count). The molecule has 0 heterocycles. The molecule has 2 unspecified atom stereocenters. The van der Waals surface area contributed by atoms with Gasteiger partial charge in [-0.25, -0.2) is 0 Å². The Morgan fingerprint density at radius 1 is 0.630 bits per heavy atom. The Bertz CT molecular complexity index is 898. The Kier molecular flexibility index (Phi) is 4.15. The maximum absolute atomic E-state index is 2.39. The molecule has 0 bridgehead atoms. The first kappa shape index (κ1) is 16.7. The van der Waals surface area contributed by atoms with Gasteiger partial charge in [0.1, 0.15) is 0 Å². The van der Waals surface area contributed by atoms with Gasteiger partial charge < -0.3 is 0 Å². The van der Waals surface area contributed by atoms with Gasteiger partial charge in [-0.05, 0) is 0 Å². The van der Waals surface area contributed by atoms with Crippen molar-refractivity contribution in [1.29, 1.82) is 0 Å². The van der Waals surface area contributed by atoms with Crippen LogP contribution < -0.4 is 0 Å². The number of hydrogen-bond acceptors (Lipinski definition) is 0. The molecule has 27 heavy (non-hydrogen) atoms. The first-order chi connectivity index (χ1) is 13.4. The second kappa shape index (κ2) is 6.70. The van der Waals surface area contributed by atoms with Gasteiger partial charge in [-0.3, -0.25) is 0 Å². The summed E-state index contributed by atoms with van der Waals surface area (Å²) in [6, 6.07) is 18.5. The van der Waals surface area contributed by atoms with E-state index >= 15 is 0 Å². The average molecular weight is 430 g/mol. The molecule has 0 N–H and O–H groups in total. The standard InChI is InChI=1S/2C13H13.Zr/c2*1-3-7-12-10(5-1)9-11-6-2-4-8-13(11)12;/h2*1,3,5-7H,2,4,8-9H2;. The molecule has 0 radical (unpaired) electrons. The molecule has 0 fully saturated rings. The van der Waals surface area contributed by atoms with E-state index in [-0.39, 0.29) is 0 Å². The van der Waals surface area contributed by atoms with E-state index in [0.717, 1.165) is 7.25 Å². The van der Waals surface area contributed by atoms with Crippen LogP contribution in [0, 0.1) is 0 Å². The van der Waals surface area contributed by atoms with Crippen molar-refractivity contribution in [2.75, 3.05) is 0 Å². The molecule has 0 aliphatic heterocycles. The minimum absolute atomic E-state index is 0.469. The van der Waals surface area contributed by atoms with Crippen LogP contribution in [-0.2, 0) is 36.1 Å². The van der Waals surface area contributed by atoms with Crippen molar-refractivity contribution in [1.82, 2.24) is 0 Å². The minimum atomic E-state index is -0.469. The molecule has 0 saturated carbocycles. The average Bonchev–Trinajstić information content (AvgIpc) is 3.28. The molecular formula is C26H26Zr. The van der Waals surface area contributed by atoms with E-state index in [1.807, 2.05) is 11.1 Å². The van der Waals surface area contributed by atoms with Crippen LogP contribution in [0.1, 0.15) is 60.8 Å².